The van der Waals surface area contributed by atoms with Gasteiger partial charge in [-0.3, -0.25) is 19.6 Å². The Labute approximate surface area is 131 Å². The topological polar surface area (TPSA) is 62.5 Å². The third-order valence-electron chi connectivity index (χ3n) is 6.17. The lowest BCUT2D eigenvalue weighted by molar-refractivity contribution is -0.130. The summed E-state index contributed by atoms with van der Waals surface area (Å²) in [5.41, 5.74) is 6.46. The molecule has 2 N–H and O–H groups in total. The van der Waals surface area contributed by atoms with Crippen LogP contribution in [0.1, 0.15) is 31.4 Å². The molecule has 5 heteroatoms. The molecule has 2 saturated carbocycles. The molecule has 118 valence electrons. The standard InChI is InChI=1S/C17H24N4O/c1-20-8-9-21(12-16(20)5-6-16)13-10-17(11-13,15(18)22)14-4-2-3-7-19-14/h2-4,7,13H,5-6,8-12H2,1H3,(H2,18,22). The van der Waals surface area contributed by atoms with Crippen LogP contribution in [0.25, 0.3) is 0 Å². The Hall–Kier alpha value is -1.46. The number of rotatable bonds is 3. The van der Waals surface area contributed by atoms with Crippen molar-refractivity contribution in [1.29, 1.82) is 0 Å². The van der Waals surface area contributed by atoms with E-state index in [1.165, 1.54) is 12.8 Å². The number of carbonyl (C=O) groups is 1. The van der Waals surface area contributed by atoms with Crippen LogP contribution < -0.4 is 5.73 Å². The number of nitrogens with two attached hydrogens (primary N) is 1. The average molecular weight is 300 g/mol. The number of piperazine rings is 1. The Morgan fingerprint density at radius 3 is 2.68 bits per heavy atom. The van der Waals surface area contributed by atoms with E-state index in [2.05, 4.69) is 21.8 Å². The second-order valence-electron chi connectivity index (χ2n) is 7.34. The minimum atomic E-state index is -0.550. The minimum Gasteiger partial charge on any atom is -0.369 e. The zero-order chi connectivity index (χ0) is 15.4. The van der Waals surface area contributed by atoms with Gasteiger partial charge in [-0.05, 0) is 44.9 Å². The Bertz CT molecular complexity index is 578. The highest BCUT2D eigenvalue weighted by molar-refractivity contribution is 5.87. The maximum Gasteiger partial charge on any atom is 0.229 e. The van der Waals surface area contributed by atoms with E-state index in [-0.39, 0.29) is 5.91 Å². The van der Waals surface area contributed by atoms with E-state index in [0.717, 1.165) is 38.2 Å². The molecule has 2 heterocycles. The maximum atomic E-state index is 12.1. The number of hydrogen-bond acceptors (Lipinski definition) is 4. The lowest BCUT2D eigenvalue weighted by Gasteiger charge is -2.53. The van der Waals surface area contributed by atoms with Gasteiger partial charge in [-0.15, -0.1) is 0 Å². The molecule has 3 fully saturated rings. The van der Waals surface area contributed by atoms with Gasteiger partial charge in [0.15, 0.2) is 0 Å². The Kier molecular flexibility index (Phi) is 3.07. The van der Waals surface area contributed by atoms with Crippen molar-refractivity contribution < 1.29 is 4.79 Å². The van der Waals surface area contributed by atoms with Gasteiger partial charge in [0.25, 0.3) is 0 Å². The zero-order valence-electron chi connectivity index (χ0n) is 13.2. The van der Waals surface area contributed by atoms with Crippen LogP contribution in [0.4, 0.5) is 0 Å². The van der Waals surface area contributed by atoms with Crippen molar-refractivity contribution in [3.05, 3.63) is 30.1 Å². The van der Waals surface area contributed by atoms with E-state index in [1.807, 2.05) is 18.2 Å². The molecule has 1 amide bonds. The number of pyridine rings is 1. The fourth-order valence-electron chi connectivity index (χ4n) is 4.27. The molecular weight excluding hydrogens is 276 g/mol. The molecule has 2 aliphatic carbocycles. The number of hydrogen-bond donors (Lipinski definition) is 1. The van der Waals surface area contributed by atoms with E-state index in [0.29, 0.717) is 11.6 Å². The van der Waals surface area contributed by atoms with Gasteiger partial charge in [0.1, 0.15) is 0 Å². The van der Waals surface area contributed by atoms with Crippen LogP contribution in [0.3, 0.4) is 0 Å². The first-order chi connectivity index (χ1) is 10.6. The lowest BCUT2D eigenvalue weighted by Crippen LogP contribution is -2.64. The molecule has 3 aliphatic rings. The summed E-state index contributed by atoms with van der Waals surface area (Å²) in [6.07, 6.45) is 6.02. The fourth-order valence-corrected chi connectivity index (χ4v) is 4.27. The van der Waals surface area contributed by atoms with E-state index >= 15 is 0 Å². The molecule has 0 aromatic carbocycles. The highest BCUT2D eigenvalue weighted by Crippen LogP contribution is 2.49. The summed E-state index contributed by atoms with van der Waals surface area (Å²) in [5.74, 6) is -0.224. The van der Waals surface area contributed by atoms with Gasteiger partial charge in [0.05, 0.1) is 11.1 Å². The Balaban J connectivity index is 1.49. The monoisotopic (exact) mass is 300 g/mol. The van der Waals surface area contributed by atoms with Gasteiger partial charge in [0, 0.05) is 37.4 Å². The first-order valence-electron chi connectivity index (χ1n) is 8.23. The molecule has 1 aromatic rings. The summed E-state index contributed by atoms with van der Waals surface area (Å²) in [6, 6.07) is 6.23. The molecule has 1 aliphatic heterocycles. The largest absolute Gasteiger partial charge is 0.369 e. The Morgan fingerprint density at radius 1 is 1.32 bits per heavy atom. The molecule has 0 atom stereocenters. The van der Waals surface area contributed by atoms with Crippen LogP contribution in [-0.2, 0) is 10.2 Å². The van der Waals surface area contributed by atoms with Crippen LogP contribution in [0.15, 0.2) is 24.4 Å². The van der Waals surface area contributed by atoms with Crippen LogP contribution in [0.2, 0.25) is 0 Å². The van der Waals surface area contributed by atoms with Crippen molar-refractivity contribution in [2.45, 2.75) is 42.7 Å². The molecule has 1 aromatic heterocycles. The van der Waals surface area contributed by atoms with Crippen LogP contribution >= 0.6 is 0 Å². The summed E-state index contributed by atoms with van der Waals surface area (Å²) in [4.78, 5) is 21.6. The third kappa shape index (κ3) is 1.99. The minimum absolute atomic E-state index is 0.224. The predicted molar refractivity (Wildman–Crippen MR) is 84.3 cm³/mol. The maximum absolute atomic E-state index is 12.1. The number of aromatic nitrogens is 1. The normalized spacial score (nSPS) is 34.3. The molecule has 1 saturated heterocycles. The van der Waals surface area contributed by atoms with Crippen molar-refractivity contribution in [2.75, 3.05) is 26.7 Å². The number of likely N-dealkylation sites (N-methyl/N-ethyl adjacent to an activating group) is 1. The van der Waals surface area contributed by atoms with Crippen molar-refractivity contribution >= 4 is 5.91 Å². The van der Waals surface area contributed by atoms with E-state index in [9.17, 15) is 4.79 Å². The van der Waals surface area contributed by atoms with Crippen molar-refractivity contribution in [3.8, 4) is 0 Å². The molecular formula is C17H24N4O. The molecule has 5 nitrogen and oxygen atoms in total. The number of nitrogens with zero attached hydrogens (tertiary/aromatic N) is 3. The summed E-state index contributed by atoms with van der Waals surface area (Å²) in [5, 5.41) is 0. The average Bonchev–Trinajstić information content (AvgIpc) is 3.23. The predicted octanol–water partition coefficient (Wildman–Crippen LogP) is 0.747. The third-order valence-corrected chi connectivity index (χ3v) is 6.17. The highest BCUT2D eigenvalue weighted by atomic mass is 16.1. The van der Waals surface area contributed by atoms with E-state index in [4.69, 9.17) is 5.73 Å². The number of carbonyl (C=O) groups excluding carboxylic acids is 1. The van der Waals surface area contributed by atoms with Crippen molar-refractivity contribution in [3.63, 3.8) is 0 Å². The number of amides is 1. The second-order valence-corrected chi connectivity index (χ2v) is 7.34. The SMILES string of the molecule is CN1CCN(C2CC(C(N)=O)(c3ccccn3)C2)CC12CC2. The van der Waals surface area contributed by atoms with Crippen LogP contribution in [0, 0.1) is 0 Å². The van der Waals surface area contributed by atoms with Crippen molar-refractivity contribution in [1.82, 2.24) is 14.8 Å². The number of primary amides is 1. The van der Waals surface area contributed by atoms with Gasteiger partial charge in [-0.25, -0.2) is 0 Å². The van der Waals surface area contributed by atoms with E-state index < -0.39 is 5.41 Å². The van der Waals surface area contributed by atoms with Crippen LogP contribution in [0.5, 0.6) is 0 Å². The molecule has 0 radical (unpaired) electrons. The molecule has 4 rings (SSSR count). The Morgan fingerprint density at radius 2 is 2.09 bits per heavy atom. The lowest BCUT2D eigenvalue weighted by atomic mass is 9.62. The van der Waals surface area contributed by atoms with Crippen LogP contribution in [-0.4, -0.2) is 59.0 Å². The smallest absolute Gasteiger partial charge is 0.229 e. The summed E-state index contributed by atoms with van der Waals surface area (Å²) in [7, 11) is 2.24. The van der Waals surface area contributed by atoms with Gasteiger partial charge in [0.2, 0.25) is 5.91 Å². The van der Waals surface area contributed by atoms with Crippen molar-refractivity contribution in [2.24, 2.45) is 5.73 Å². The fraction of sp³-hybridized carbons (Fsp3) is 0.647. The summed E-state index contributed by atoms with van der Waals surface area (Å²) >= 11 is 0. The highest BCUT2D eigenvalue weighted by Gasteiger charge is 2.56. The second kappa shape index (κ2) is 4.77. The van der Waals surface area contributed by atoms with Gasteiger partial charge in [-0.2, -0.15) is 0 Å². The molecule has 1 spiro atoms. The first kappa shape index (κ1) is 14.2. The van der Waals surface area contributed by atoms with Gasteiger partial charge < -0.3 is 5.73 Å². The molecule has 0 unspecified atom stereocenters. The zero-order valence-corrected chi connectivity index (χ0v) is 13.2. The first-order valence-corrected chi connectivity index (χ1v) is 8.23. The molecule has 22 heavy (non-hydrogen) atoms. The summed E-state index contributed by atoms with van der Waals surface area (Å²) < 4.78 is 0. The van der Waals surface area contributed by atoms with E-state index in [1.54, 1.807) is 6.20 Å². The molecule has 0 bridgehead atoms. The summed E-state index contributed by atoms with van der Waals surface area (Å²) in [6.45, 7) is 3.37. The quantitative estimate of drug-likeness (QED) is 0.895. The van der Waals surface area contributed by atoms with Gasteiger partial charge in [-0.1, -0.05) is 6.07 Å². The van der Waals surface area contributed by atoms with Gasteiger partial charge >= 0.3 is 0 Å².